The topological polar surface area (TPSA) is 100 Å². The normalized spacial score (nSPS) is 29.2. The molecule has 10 nitrogen and oxygen atoms in total. The Morgan fingerprint density at radius 3 is 2.48 bits per heavy atom. The van der Waals surface area contributed by atoms with E-state index in [2.05, 4.69) is 42.3 Å². The van der Waals surface area contributed by atoms with Crippen LogP contribution in [-0.2, 0) is 20.9 Å². The Bertz CT molecular complexity index is 1410. The predicted octanol–water partition coefficient (Wildman–Crippen LogP) is 1.41. The minimum absolute atomic E-state index is 0.0220. The molecular formula is C30H36N6O4. The van der Waals surface area contributed by atoms with E-state index in [-0.39, 0.29) is 36.5 Å². The molecule has 7 aliphatic rings. The number of amides is 3. The maximum Gasteiger partial charge on any atom is 0.274 e. The van der Waals surface area contributed by atoms with Gasteiger partial charge in [0.15, 0.2) is 5.69 Å². The average Bonchev–Trinajstić information content (AvgIpc) is 3.74. The lowest BCUT2D eigenvalue weighted by Gasteiger charge is -2.43. The van der Waals surface area contributed by atoms with Crippen LogP contribution in [0, 0.1) is 25.7 Å². The largest absolute Gasteiger partial charge is 0.368 e. The molecule has 2 saturated carbocycles. The number of anilines is 1. The molecule has 1 spiro atoms. The van der Waals surface area contributed by atoms with Crippen molar-refractivity contribution in [2.45, 2.75) is 50.7 Å². The Hall–Kier alpha value is -3.40. The summed E-state index contributed by atoms with van der Waals surface area (Å²) in [5, 5.41) is 7.72. The standard InChI is InChI=1S/C30H36N6O4/c1-17-4-3-5-19(18(17)2)33-10-12-34(13-11-33)21(38)14-36-28-25-22-23(25)24(22)26(28)27(32-36)29(39)35-8-6-30(7-9-35)16-31-20(37)15-40-30/h3-5,22-25H,6-16H2,1-2H3,(H,31,37)/t22-,23?,24-,25?/m0/s1. The fourth-order valence-corrected chi connectivity index (χ4v) is 7.89. The first kappa shape index (κ1) is 24.4. The van der Waals surface area contributed by atoms with Gasteiger partial charge in [0.2, 0.25) is 11.8 Å². The van der Waals surface area contributed by atoms with Crippen molar-refractivity contribution >= 4 is 23.4 Å². The molecule has 1 aromatic carbocycles. The molecule has 3 saturated heterocycles. The molecule has 3 amide bonds. The van der Waals surface area contributed by atoms with Gasteiger partial charge in [0.25, 0.3) is 5.91 Å². The lowest BCUT2D eigenvalue weighted by Crippen LogP contribution is -2.58. The molecule has 2 unspecified atom stereocenters. The molecule has 4 aliphatic carbocycles. The van der Waals surface area contributed by atoms with Gasteiger partial charge in [-0.3, -0.25) is 19.1 Å². The summed E-state index contributed by atoms with van der Waals surface area (Å²) in [6.07, 6.45) is 1.40. The van der Waals surface area contributed by atoms with Crippen LogP contribution in [0.5, 0.6) is 0 Å². The number of rotatable bonds is 4. The van der Waals surface area contributed by atoms with Crippen LogP contribution in [0.4, 0.5) is 5.69 Å². The third-order valence-corrected chi connectivity index (χ3v) is 10.6. The van der Waals surface area contributed by atoms with Gasteiger partial charge in [0.1, 0.15) is 13.2 Å². The third kappa shape index (κ3) is 3.57. The number of likely N-dealkylation sites (tertiary alicyclic amines) is 1. The van der Waals surface area contributed by atoms with Crippen molar-refractivity contribution in [3.63, 3.8) is 0 Å². The summed E-state index contributed by atoms with van der Waals surface area (Å²) in [5.74, 6) is 2.29. The van der Waals surface area contributed by atoms with Crippen LogP contribution >= 0.6 is 0 Å². The van der Waals surface area contributed by atoms with Crippen molar-refractivity contribution in [2.75, 3.05) is 57.3 Å². The first-order valence-corrected chi connectivity index (χ1v) is 14.7. The van der Waals surface area contributed by atoms with E-state index in [9.17, 15) is 14.4 Å². The Morgan fingerprint density at radius 2 is 1.77 bits per heavy atom. The van der Waals surface area contributed by atoms with Crippen LogP contribution in [0.25, 0.3) is 0 Å². The van der Waals surface area contributed by atoms with Gasteiger partial charge in [-0.15, -0.1) is 0 Å². The van der Waals surface area contributed by atoms with E-state index in [0.29, 0.717) is 74.9 Å². The summed E-state index contributed by atoms with van der Waals surface area (Å²) < 4.78 is 7.76. The van der Waals surface area contributed by atoms with Gasteiger partial charge < -0.3 is 24.8 Å². The van der Waals surface area contributed by atoms with Crippen LogP contribution in [0.3, 0.4) is 0 Å². The SMILES string of the molecule is Cc1cccc(N2CCN(C(=O)Cn3nc(C(=O)N4CCC5(CC4)CNC(=O)CO5)c4c3C3C5[C@H]3[C@H]45)CC2)c1C. The van der Waals surface area contributed by atoms with Crippen molar-refractivity contribution in [1.29, 1.82) is 0 Å². The maximum absolute atomic E-state index is 13.7. The first-order valence-electron chi connectivity index (χ1n) is 14.7. The Balaban J connectivity index is 0.946. The van der Waals surface area contributed by atoms with Gasteiger partial charge in [0, 0.05) is 68.7 Å². The van der Waals surface area contributed by atoms with Crippen molar-refractivity contribution in [2.24, 2.45) is 11.8 Å². The van der Waals surface area contributed by atoms with E-state index >= 15 is 0 Å². The second kappa shape index (κ2) is 8.55. The monoisotopic (exact) mass is 544 g/mol. The Labute approximate surface area is 233 Å². The quantitative estimate of drug-likeness (QED) is 0.625. The number of hydrogen-bond donors (Lipinski definition) is 1. The van der Waals surface area contributed by atoms with Crippen molar-refractivity contribution < 1.29 is 19.1 Å². The summed E-state index contributed by atoms with van der Waals surface area (Å²) in [6, 6.07) is 6.41. The van der Waals surface area contributed by atoms with Gasteiger partial charge in [0.05, 0.1) is 5.60 Å². The molecule has 5 fully saturated rings. The molecular weight excluding hydrogens is 508 g/mol. The van der Waals surface area contributed by atoms with E-state index in [1.54, 1.807) is 0 Å². The van der Waals surface area contributed by atoms with Gasteiger partial charge in [-0.25, -0.2) is 0 Å². The number of morpholine rings is 1. The summed E-state index contributed by atoms with van der Waals surface area (Å²) in [5.41, 5.74) is 6.31. The molecule has 40 heavy (non-hydrogen) atoms. The van der Waals surface area contributed by atoms with E-state index in [4.69, 9.17) is 9.84 Å². The zero-order valence-electron chi connectivity index (χ0n) is 23.2. The number of hydrogen-bond acceptors (Lipinski definition) is 6. The fraction of sp³-hybridized carbons (Fsp3) is 0.600. The molecule has 2 aromatic rings. The minimum atomic E-state index is -0.369. The van der Waals surface area contributed by atoms with E-state index < -0.39 is 0 Å². The number of piperidine rings is 1. The zero-order valence-corrected chi connectivity index (χ0v) is 23.2. The summed E-state index contributed by atoms with van der Waals surface area (Å²) in [6.45, 7) is 9.29. The molecule has 0 radical (unpaired) electrons. The second-order valence-corrected chi connectivity index (χ2v) is 12.6. The summed E-state index contributed by atoms with van der Waals surface area (Å²) in [4.78, 5) is 44.9. The van der Waals surface area contributed by atoms with Crippen molar-refractivity contribution in [3.8, 4) is 0 Å². The highest BCUT2D eigenvalue weighted by Crippen LogP contribution is 2.88. The van der Waals surface area contributed by atoms with Crippen LogP contribution in [0.15, 0.2) is 18.2 Å². The number of ether oxygens (including phenoxy) is 1. The highest BCUT2D eigenvalue weighted by molar-refractivity contribution is 5.96. The predicted molar refractivity (Wildman–Crippen MR) is 146 cm³/mol. The van der Waals surface area contributed by atoms with E-state index in [0.717, 1.165) is 24.3 Å². The van der Waals surface area contributed by atoms with E-state index in [1.165, 1.54) is 16.8 Å². The van der Waals surface area contributed by atoms with Crippen LogP contribution in [0.1, 0.15) is 57.6 Å². The smallest absolute Gasteiger partial charge is 0.274 e. The molecule has 3 aliphatic heterocycles. The average molecular weight is 545 g/mol. The van der Waals surface area contributed by atoms with Crippen LogP contribution in [-0.4, -0.2) is 95.3 Å². The molecule has 10 heteroatoms. The third-order valence-electron chi connectivity index (χ3n) is 10.6. The fourth-order valence-electron chi connectivity index (χ4n) is 7.89. The maximum atomic E-state index is 13.7. The summed E-state index contributed by atoms with van der Waals surface area (Å²) in [7, 11) is 0. The molecule has 4 atom stereocenters. The number of nitrogens with one attached hydrogen (secondary N) is 1. The molecule has 210 valence electrons. The number of aryl methyl sites for hydroxylation is 1. The lowest BCUT2D eigenvalue weighted by molar-refractivity contribution is -0.149. The Morgan fingerprint density at radius 1 is 1.02 bits per heavy atom. The van der Waals surface area contributed by atoms with Crippen molar-refractivity contribution in [1.82, 2.24) is 24.9 Å². The lowest BCUT2D eigenvalue weighted by atomic mass is 9.89. The number of carbonyl (C=O) groups excluding carboxylic acids is 3. The second-order valence-electron chi connectivity index (χ2n) is 12.6. The van der Waals surface area contributed by atoms with Crippen LogP contribution < -0.4 is 10.2 Å². The highest BCUT2D eigenvalue weighted by atomic mass is 16.5. The minimum Gasteiger partial charge on any atom is -0.368 e. The highest BCUT2D eigenvalue weighted by Gasteiger charge is 2.81. The number of aromatic nitrogens is 2. The number of benzene rings is 1. The summed E-state index contributed by atoms with van der Waals surface area (Å²) >= 11 is 0. The molecule has 1 N–H and O–H groups in total. The molecule has 2 bridgehead atoms. The van der Waals surface area contributed by atoms with Gasteiger partial charge >= 0.3 is 0 Å². The molecule has 9 rings (SSSR count). The molecule has 4 heterocycles. The van der Waals surface area contributed by atoms with Crippen molar-refractivity contribution in [3.05, 3.63) is 46.3 Å². The van der Waals surface area contributed by atoms with Gasteiger partial charge in [-0.05, 0) is 61.6 Å². The van der Waals surface area contributed by atoms with Gasteiger partial charge in [-0.2, -0.15) is 5.10 Å². The number of nitrogens with zero attached hydrogens (tertiary/aromatic N) is 5. The van der Waals surface area contributed by atoms with Crippen LogP contribution in [0.2, 0.25) is 0 Å². The molecule has 1 aromatic heterocycles. The number of piperazine rings is 1. The zero-order chi connectivity index (χ0) is 27.3. The first-order chi connectivity index (χ1) is 19.3. The van der Waals surface area contributed by atoms with Gasteiger partial charge in [-0.1, -0.05) is 12.1 Å². The number of carbonyl (C=O) groups is 3. The van der Waals surface area contributed by atoms with E-state index in [1.807, 2.05) is 14.5 Å². The Kier molecular flexibility index (Phi) is 5.22.